The summed E-state index contributed by atoms with van der Waals surface area (Å²) in [6, 6.07) is 9.90. The number of pyridine rings is 1. The van der Waals surface area contributed by atoms with Crippen LogP contribution in [-0.4, -0.2) is 16.7 Å². The number of carbonyl (C=O) groups excluding carboxylic acids is 2. The fraction of sp³-hybridized carbons (Fsp3) is 0.235. The maximum atomic E-state index is 12.6. The van der Waals surface area contributed by atoms with Crippen LogP contribution >= 0.6 is 11.6 Å². The van der Waals surface area contributed by atoms with Gasteiger partial charge in [-0.25, -0.2) is 4.98 Å². The van der Waals surface area contributed by atoms with Crippen molar-refractivity contribution in [3.63, 3.8) is 0 Å². The van der Waals surface area contributed by atoms with Crippen LogP contribution in [0.1, 0.15) is 36.7 Å². The first-order valence-electron chi connectivity index (χ1n) is 6.86. The summed E-state index contributed by atoms with van der Waals surface area (Å²) in [7, 11) is 0. The van der Waals surface area contributed by atoms with Gasteiger partial charge in [-0.1, -0.05) is 32.4 Å². The van der Waals surface area contributed by atoms with E-state index < -0.39 is 5.41 Å². The standard InChI is InChI=1S/C17H17ClN2O2/c1-17(2,3)16(22)20-15-13(5-4-10-19-15)14(21)11-6-8-12(18)9-7-11/h4-10H,1-3H3,(H,19,20,22). The molecule has 22 heavy (non-hydrogen) atoms. The molecule has 1 amide bonds. The van der Waals surface area contributed by atoms with Gasteiger partial charge in [0.25, 0.3) is 0 Å². The normalized spacial score (nSPS) is 11.1. The molecule has 0 aliphatic heterocycles. The molecule has 114 valence electrons. The van der Waals surface area contributed by atoms with Crippen molar-refractivity contribution in [3.8, 4) is 0 Å². The number of carbonyl (C=O) groups is 2. The molecule has 4 nitrogen and oxygen atoms in total. The summed E-state index contributed by atoms with van der Waals surface area (Å²) in [5.41, 5.74) is 0.268. The lowest BCUT2D eigenvalue weighted by Gasteiger charge is -2.18. The molecule has 1 aromatic heterocycles. The van der Waals surface area contributed by atoms with Gasteiger partial charge in [0.15, 0.2) is 5.78 Å². The molecule has 1 heterocycles. The van der Waals surface area contributed by atoms with E-state index in [9.17, 15) is 9.59 Å². The third kappa shape index (κ3) is 3.71. The Morgan fingerprint density at radius 1 is 1.09 bits per heavy atom. The highest BCUT2D eigenvalue weighted by Crippen LogP contribution is 2.21. The number of anilines is 1. The van der Waals surface area contributed by atoms with Gasteiger partial charge in [-0.15, -0.1) is 0 Å². The summed E-state index contributed by atoms with van der Waals surface area (Å²) in [5, 5.41) is 3.27. The van der Waals surface area contributed by atoms with Gasteiger partial charge in [0.1, 0.15) is 5.82 Å². The van der Waals surface area contributed by atoms with Gasteiger partial charge in [-0.3, -0.25) is 9.59 Å². The van der Waals surface area contributed by atoms with Crippen molar-refractivity contribution in [1.29, 1.82) is 0 Å². The lowest BCUT2D eigenvalue weighted by Crippen LogP contribution is -2.29. The first-order valence-corrected chi connectivity index (χ1v) is 7.23. The molecule has 1 aromatic carbocycles. The molecule has 1 N–H and O–H groups in total. The Balaban J connectivity index is 2.34. The summed E-state index contributed by atoms with van der Waals surface area (Å²) >= 11 is 5.83. The number of halogens is 1. The first kappa shape index (κ1) is 16.2. The molecule has 0 atom stereocenters. The van der Waals surface area contributed by atoms with E-state index in [1.54, 1.807) is 57.2 Å². The molecule has 0 saturated carbocycles. The minimum Gasteiger partial charge on any atom is -0.310 e. The Morgan fingerprint density at radius 2 is 1.73 bits per heavy atom. The number of nitrogens with zero attached hydrogens (tertiary/aromatic N) is 1. The van der Waals surface area contributed by atoms with Gasteiger partial charge in [0, 0.05) is 22.2 Å². The number of aromatic nitrogens is 1. The van der Waals surface area contributed by atoms with Crippen LogP contribution in [0.2, 0.25) is 5.02 Å². The number of benzene rings is 1. The smallest absolute Gasteiger partial charge is 0.230 e. The number of ketones is 1. The molecule has 0 fully saturated rings. The third-order valence-corrected chi connectivity index (χ3v) is 3.32. The average molecular weight is 317 g/mol. The molecular weight excluding hydrogens is 300 g/mol. The van der Waals surface area contributed by atoms with Crippen LogP contribution < -0.4 is 5.32 Å². The average Bonchev–Trinajstić information content (AvgIpc) is 2.47. The van der Waals surface area contributed by atoms with E-state index >= 15 is 0 Å². The maximum Gasteiger partial charge on any atom is 0.230 e. The van der Waals surface area contributed by atoms with E-state index in [2.05, 4.69) is 10.3 Å². The zero-order valence-corrected chi connectivity index (χ0v) is 13.4. The Bertz CT molecular complexity index is 703. The van der Waals surface area contributed by atoms with Crippen LogP contribution in [-0.2, 0) is 4.79 Å². The van der Waals surface area contributed by atoms with E-state index in [0.29, 0.717) is 16.1 Å². The predicted molar refractivity (Wildman–Crippen MR) is 87.2 cm³/mol. The Hall–Kier alpha value is -2.20. The van der Waals surface area contributed by atoms with Gasteiger partial charge in [-0.05, 0) is 36.4 Å². The van der Waals surface area contributed by atoms with Gasteiger partial charge < -0.3 is 5.32 Å². The lowest BCUT2D eigenvalue weighted by atomic mass is 9.95. The van der Waals surface area contributed by atoms with E-state index in [-0.39, 0.29) is 17.5 Å². The van der Waals surface area contributed by atoms with Crippen molar-refractivity contribution >= 4 is 29.1 Å². The summed E-state index contributed by atoms with van der Waals surface area (Å²) < 4.78 is 0. The molecule has 0 bridgehead atoms. The van der Waals surface area contributed by atoms with Crippen LogP contribution in [0.5, 0.6) is 0 Å². The molecule has 0 spiro atoms. The van der Waals surface area contributed by atoms with E-state index in [0.717, 1.165) is 0 Å². The topological polar surface area (TPSA) is 59.1 Å². The fourth-order valence-electron chi connectivity index (χ4n) is 1.74. The zero-order valence-electron chi connectivity index (χ0n) is 12.7. The molecule has 2 aromatic rings. The van der Waals surface area contributed by atoms with Crippen LogP contribution in [0, 0.1) is 5.41 Å². The predicted octanol–water partition coefficient (Wildman–Crippen LogP) is 3.95. The number of nitrogens with one attached hydrogen (secondary N) is 1. The lowest BCUT2D eigenvalue weighted by molar-refractivity contribution is -0.123. The SMILES string of the molecule is CC(C)(C)C(=O)Nc1ncccc1C(=O)c1ccc(Cl)cc1. The van der Waals surface area contributed by atoms with E-state index in [4.69, 9.17) is 11.6 Å². The largest absolute Gasteiger partial charge is 0.310 e. The maximum absolute atomic E-state index is 12.6. The first-order chi connectivity index (χ1) is 10.3. The summed E-state index contributed by atoms with van der Waals surface area (Å²) in [6.07, 6.45) is 1.54. The van der Waals surface area contributed by atoms with Crippen LogP contribution in [0.3, 0.4) is 0 Å². The minimum atomic E-state index is -0.571. The molecule has 0 unspecified atom stereocenters. The quantitative estimate of drug-likeness (QED) is 0.872. The van der Waals surface area contributed by atoms with Crippen LogP contribution in [0.25, 0.3) is 0 Å². The van der Waals surface area contributed by atoms with E-state index in [1.165, 1.54) is 6.20 Å². The number of hydrogen-bond donors (Lipinski definition) is 1. The van der Waals surface area contributed by atoms with Gasteiger partial charge in [-0.2, -0.15) is 0 Å². The Labute approximate surface area is 134 Å². The van der Waals surface area contributed by atoms with Crippen molar-refractivity contribution in [2.45, 2.75) is 20.8 Å². The molecule has 0 saturated heterocycles. The molecular formula is C17H17ClN2O2. The second-order valence-electron chi connectivity index (χ2n) is 5.94. The second-order valence-corrected chi connectivity index (χ2v) is 6.38. The minimum absolute atomic E-state index is 0.198. The summed E-state index contributed by atoms with van der Waals surface area (Å²) in [5.74, 6) is -0.146. The zero-order chi connectivity index (χ0) is 16.3. The number of hydrogen-bond acceptors (Lipinski definition) is 3. The van der Waals surface area contributed by atoms with Gasteiger partial charge >= 0.3 is 0 Å². The number of amides is 1. The summed E-state index contributed by atoms with van der Waals surface area (Å²) in [4.78, 5) is 28.8. The van der Waals surface area contributed by atoms with Crippen molar-refractivity contribution in [3.05, 3.63) is 58.7 Å². The van der Waals surface area contributed by atoms with Crippen LogP contribution in [0.4, 0.5) is 5.82 Å². The molecule has 5 heteroatoms. The van der Waals surface area contributed by atoms with Crippen molar-refractivity contribution in [1.82, 2.24) is 4.98 Å². The van der Waals surface area contributed by atoms with E-state index in [1.807, 2.05) is 0 Å². The molecule has 0 aliphatic carbocycles. The molecule has 2 rings (SSSR count). The molecule has 0 aliphatic rings. The third-order valence-electron chi connectivity index (χ3n) is 3.07. The highest BCUT2D eigenvalue weighted by molar-refractivity contribution is 6.30. The monoisotopic (exact) mass is 316 g/mol. The number of rotatable bonds is 3. The molecule has 0 radical (unpaired) electrons. The highest BCUT2D eigenvalue weighted by Gasteiger charge is 2.24. The highest BCUT2D eigenvalue weighted by atomic mass is 35.5. The Morgan fingerprint density at radius 3 is 2.32 bits per heavy atom. The fourth-order valence-corrected chi connectivity index (χ4v) is 1.87. The van der Waals surface area contributed by atoms with Crippen molar-refractivity contribution < 1.29 is 9.59 Å². The van der Waals surface area contributed by atoms with Gasteiger partial charge in [0.2, 0.25) is 5.91 Å². The van der Waals surface area contributed by atoms with Gasteiger partial charge in [0.05, 0.1) is 5.56 Å². The Kier molecular flexibility index (Phi) is 4.62. The van der Waals surface area contributed by atoms with Crippen LogP contribution in [0.15, 0.2) is 42.6 Å². The van der Waals surface area contributed by atoms with Crippen molar-refractivity contribution in [2.24, 2.45) is 5.41 Å². The second kappa shape index (κ2) is 6.28. The van der Waals surface area contributed by atoms with Crippen molar-refractivity contribution in [2.75, 3.05) is 5.32 Å². The summed E-state index contributed by atoms with van der Waals surface area (Å²) in [6.45, 7) is 5.39.